The van der Waals surface area contributed by atoms with Crippen molar-refractivity contribution in [3.63, 3.8) is 0 Å². The van der Waals surface area contributed by atoms with Crippen LogP contribution < -0.4 is 11.2 Å². The molecule has 0 bridgehead atoms. The lowest BCUT2D eigenvalue weighted by Gasteiger charge is -2.16. The Balaban J connectivity index is 1.93. The van der Waals surface area contributed by atoms with Gasteiger partial charge in [0.1, 0.15) is 5.56 Å². The Morgan fingerprint density at radius 2 is 1.89 bits per heavy atom. The monoisotopic (exact) mass is 486 g/mol. The molecule has 0 atom stereocenters. The van der Waals surface area contributed by atoms with Crippen LogP contribution in [0.15, 0.2) is 58.5 Å². The van der Waals surface area contributed by atoms with Crippen LogP contribution in [-0.4, -0.2) is 31.3 Å². The van der Waals surface area contributed by atoms with Crippen LogP contribution >= 0.6 is 0 Å². The lowest BCUT2D eigenvalue weighted by atomic mass is 10.0. The van der Waals surface area contributed by atoms with Gasteiger partial charge >= 0.3 is 17.8 Å². The first-order valence-electron chi connectivity index (χ1n) is 10.6. The molecule has 182 valence electrons. The van der Waals surface area contributed by atoms with E-state index in [9.17, 15) is 27.6 Å². The highest BCUT2D eigenvalue weighted by atomic mass is 19.4. The van der Waals surface area contributed by atoms with Gasteiger partial charge in [-0.1, -0.05) is 12.1 Å². The third-order valence-corrected chi connectivity index (χ3v) is 5.73. The van der Waals surface area contributed by atoms with Gasteiger partial charge in [0.15, 0.2) is 0 Å². The lowest BCUT2D eigenvalue weighted by Crippen LogP contribution is -2.42. The van der Waals surface area contributed by atoms with Gasteiger partial charge in [-0.2, -0.15) is 13.2 Å². The summed E-state index contributed by atoms with van der Waals surface area (Å²) in [6.07, 6.45) is -1.92. The van der Waals surface area contributed by atoms with E-state index >= 15 is 0 Å². The van der Waals surface area contributed by atoms with E-state index in [4.69, 9.17) is 4.74 Å². The number of rotatable bonds is 5. The molecule has 0 unspecified atom stereocenters. The molecular formula is C24H21F3N4O4. The molecule has 4 rings (SSSR count). The largest absolute Gasteiger partial charge is 0.462 e. The van der Waals surface area contributed by atoms with E-state index in [2.05, 4.69) is 4.98 Å². The van der Waals surface area contributed by atoms with Gasteiger partial charge in [-0.3, -0.25) is 13.9 Å². The highest BCUT2D eigenvalue weighted by Crippen LogP contribution is 2.33. The van der Waals surface area contributed by atoms with Crippen molar-refractivity contribution in [2.45, 2.75) is 26.6 Å². The van der Waals surface area contributed by atoms with E-state index in [0.717, 1.165) is 26.9 Å². The van der Waals surface area contributed by atoms with Crippen LogP contribution in [0.4, 0.5) is 13.2 Å². The second-order valence-electron chi connectivity index (χ2n) is 7.92. The Morgan fingerprint density at radius 3 is 2.57 bits per heavy atom. The topological polar surface area (TPSA) is 88.1 Å². The predicted octanol–water partition coefficient (Wildman–Crippen LogP) is 3.44. The summed E-state index contributed by atoms with van der Waals surface area (Å²) in [5.74, 6) is -0.945. The van der Waals surface area contributed by atoms with Gasteiger partial charge in [-0.15, -0.1) is 0 Å². The van der Waals surface area contributed by atoms with Crippen LogP contribution in [0.25, 0.3) is 16.7 Å². The summed E-state index contributed by atoms with van der Waals surface area (Å²) in [6, 6.07) is 8.48. The molecule has 2 heterocycles. The van der Waals surface area contributed by atoms with E-state index in [0.29, 0.717) is 11.2 Å². The van der Waals surface area contributed by atoms with Crippen molar-refractivity contribution < 1.29 is 22.7 Å². The second-order valence-corrected chi connectivity index (χ2v) is 7.92. The number of esters is 1. The summed E-state index contributed by atoms with van der Waals surface area (Å²) >= 11 is 0. The van der Waals surface area contributed by atoms with Gasteiger partial charge in [0.2, 0.25) is 0 Å². The number of aryl methyl sites for hydroxylation is 1. The zero-order valence-electron chi connectivity index (χ0n) is 19.1. The van der Waals surface area contributed by atoms with Crippen molar-refractivity contribution in [2.75, 3.05) is 6.61 Å². The molecule has 0 N–H and O–H groups in total. The Kier molecular flexibility index (Phi) is 6.10. The molecule has 2 aromatic heterocycles. The van der Waals surface area contributed by atoms with Gasteiger partial charge in [-0.25, -0.2) is 14.6 Å². The molecule has 0 spiro atoms. The van der Waals surface area contributed by atoms with Crippen molar-refractivity contribution in [2.24, 2.45) is 7.05 Å². The number of carbonyl (C=O) groups is 1. The third kappa shape index (κ3) is 4.36. The van der Waals surface area contributed by atoms with Gasteiger partial charge in [-0.05, 0) is 49.2 Å². The van der Waals surface area contributed by atoms with Crippen LogP contribution in [0.3, 0.4) is 0 Å². The minimum atomic E-state index is -4.60. The van der Waals surface area contributed by atoms with Gasteiger partial charge in [0.05, 0.1) is 41.8 Å². The van der Waals surface area contributed by atoms with E-state index in [-0.39, 0.29) is 17.7 Å². The minimum Gasteiger partial charge on any atom is -0.462 e. The summed E-state index contributed by atoms with van der Waals surface area (Å²) in [6.45, 7) is 2.36. The average Bonchev–Trinajstić information content (AvgIpc) is 3.17. The van der Waals surface area contributed by atoms with Crippen LogP contribution in [0.1, 0.15) is 34.0 Å². The molecule has 2 aromatic carbocycles. The molecule has 11 heteroatoms. The predicted molar refractivity (Wildman–Crippen MR) is 122 cm³/mol. The lowest BCUT2D eigenvalue weighted by molar-refractivity contribution is -0.138. The zero-order chi connectivity index (χ0) is 25.5. The second kappa shape index (κ2) is 8.90. The van der Waals surface area contributed by atoms with Crippen molar-refractivity contribution in [3.05, 3.63) is 92.0 Å². The molecule has 0 saturated carbocycles. The van der Waals surface area contributed by atoms with Gasteiger partial charge in [0, 0.05) is 13.2 Å². The van der Waals surface area contributed by atoms with Crippen molar-refractivity contribution in [3.8, 4) is 5.69 Å². The number of hydrogen-bond acceptors (Lipinski definition) is 5. The van der Waals surface area contributed by atoms with Crippen LogP contribution in [0.5, 0.6) is 0 Å². The first kappa shape index (κ1) is 24.0. The number of imidazole rings is 1. The number of benzene rings is 2. The average molecular weight is 486 g/mol. The Hall–Kier alpha value is -4.15. The minimum absolute atomic E-state index is 0.00989. The Labute approximate surface area is 196 Å². The van der Waals surface area contributed by atoms with Crippen molar-refractivity contribution in [1.29, 1.82) is 0 Å². The fraction of sp³-hybridized carbons (Fsp3) is 0.250. The maximum absolute atomic E-state index is 13.4. The van der Waals surface area contributed by atoms with E-state index in [1.54, 1.807) is 43.1 Å². The van der Waals surface area contributed by atoms with Gasteiger partial charge < -0.3 is 9.30 Å². The molecule has 0 saturated heterocycles. The molecular weight excluding hydrogens is 465 g/mol. The quantitative estimate of drug-likeness (QED) is 0.404. The van der Waals surface area contributed by atoms with Gasteiger partial charge in [0.25, 0.3) is 5.56 Å². The normalized spacial score (nSPS) is 11.7. The standard InChI is InChI=1S/C24H21F3N4O4/c1-4-35-22(33)17-12-30(16-8-9-20-19(10-16)28-13-29(20)3)23(34)31(21(17)32)11-15-6-5-7-18(14(15)2)24(25,26)27/h5-10,12-13H,4,11H2,1-3H3. The summed E-state index contributed by atoms with van der Waals surface area (Å²) in [4.78, 5) is 43.3. The fourth-order valence-corrected chi connectivity index (χ4v) is 3.88. The highest BCUT2D eigenvalue weighted by molar-refractivity contribution is 5.88. The number of ether oxygens (including phenoxy) is 1. The number of nitrogens with zero attached hydrogens (tertiary/aromatic N) is 4. The molecule has 8 nitrogen and oxygen atoms in total. The number of alkyl halides is 3. The molecule has 4 aromatic rings. The van der Waals surface area contributed by atoms with Crippen LogP contribution in [0.2, 0.25) is 0 Å². The van der Waals surface area contributed by atoms with E-state index < -0.39 is 41.1 Å². The van der Waals surface area contributed by atoms with E-state index in [1.807, 2.05) is 0 Å². The fourth-order valence-electron chi connectivity index (χ4n) is 3.88. The SMILES string of the molecule is CCOC(=O)c1cn(-c2ccc3c(c2)ncn3C)c(=O)n(Cc2cccc(C(F)(F)F)c2C)c1=O. The van der Waals surface area contributed by atoms with E-state index in [1.165, 1.54) is 19.1 Å². The zero-order valence-corrected chi connectivity index (χ0v) is 19.1. The Morgan fingerprint density at radius 1 is 1.14 bits per heavy atom. The molecule has 35 heavy (non-hydrogen) atoms. The van der Waals surface area contributed by atoms with Crippen molar-refractivity contribution >= 4 is 17.0 Å². The molecule has 0 fully saturated rings. The summed E-state index contributed by atoms with van der Waals surface area (Å²) in [5.41, 5.74) is -1.39. The highest BCUT2D eigenvalue weighted by Gasteiger charge is 2.33. The number of halogens is 3. The first-order valence-corrected chi connectivity index (χ1v) is 10.6. The van der Waals surface area contributed by atoms with Crippen LogP contribution in [0, 0.1) is 6.92 Å². The molecule has 0 aliphatic carbocycles. The summed E-state index contributed by atoms with van der Waals surface area (Å²) in [5, 5.41) is 0. The maximum atomic E-state index is 13.4. The number of hydrogen-bond donors (Lipinski definition) is 0. The smallest absolute Gasteiger partial charge is 0.416 e. The summed E-state index contributed by atoms with van der Waals surface area (Å²) in [7, 11) is 1.80. The molecule has 0 amide bonds. The van der Waals surface area contributed by atoms with Crippen molar-refractivity contribution in [1.82, 2.24) is 18.7 Å². The molecule has 0 aliphatic rings. The number of fused-ring (bicyclic) bond motifs is 1. The summed E-state index contributed by atoms with van der Waals surface area (Å²) < 4.78 is 48.8. The first-order chi connectivity index (χ1) is 16.5. The number of aromatic nitrogens is 4. The maximum Gasteiger partial charge on any atom is 0.416 e. The Bertz CT molecular complexity index is 1560. The number of carbonyl (C=O) groups excluding carboxylic acids is 1. The third-order valence-electron chi connectivity index (χ3n) is 5.73. The molecule has 0 radical (unpaired) electrons. The van der Waals surface area contributed by atoms with Crippen LogP contribution in [-0.2, 0) is 24.5 Å². The molecule has 0 aliphatic heterocycles.